The summed E-state index contributed by atoms with van der Waals surface area (Å²) in [5.41, 5.74) is 0. The smallest absolute Gasteiger partial charge is 0.162 e. The summed E-state index contributed by atoms with van der Waals surface area (Å²) in [5.74, 6) is -1.40. The van der Waals surface area contributed by atoms with E-state index >= 15 is 0 Å². The average molecular weight is 244 g/mol. The Hall–Kier alpha value is -0.0800. The van der Waals surface area contributed by atoms with Gasteiger partial charge in [-0.2, -0.15) is 0 Å². The molecule has 2 nitrogen and oxygen atoms in total. The SMILES string of the molecule is CCCCCCCCC(O)(O)CCCCCC. The molecule has 0 atom stereocenters. The average Bonchev–Trinajstić information content (AvgIpc) is 2.29. The second-order valence-corrected chi connectivity index (χ2v) is 5.31. The van der Waals surface area contributed by atoms with Crippen LogP contribution in [0.3, 0.4) is 0 Å². The summed E-state index contributed by atoms with van der Waals surface area (Å²) in [4.78, 5) is 0. The first-order valence-corrected chi connectivity index (χ1v) is 7.57. The van der Waals surface area contributed by atoms with Gasteiger partial charge >= 0.3 is 0 Å². The molecule has 104 valence electrons. The van der Waals surface area contributed by atoms with E-state index in [2.05, 4.69) is 13.8 Å². The zero-order chi connectivity index (χ0) is 13.0. The Balaban J connectivity index is 3.37. The third kappa shape index (κ3) is 12.2. The molecule has 0 aliphatic heterocycles. The van der Waals surface area contributed by atoms with Crippen LogP contribution in [0.1, 0.15) is 90.9 Å². The van der Waals surface area contributed by atoms with Crippen molar-refractivity contribution in [3.05, 3.63) is 0 Å². The minimum atomic E-state index is -1.40. The highest BCUT2D eigenvalue weighted by Crippen LogP contribution is 2.20. The first-order valence-electron chi connectivity index (χ1n) is 7.57. The van der Waals surface area contributed by atoms with Crippen LogP contribution < -0.4 is 0 Å². The van der Waals surface area contributed by atoms with Crippen LogP contribution in [-0.4, -0.2) is 16.0 Å². The van der Waals surface area contributed by atoms with Crippen molar-refractivity contribution in [1.82, 2.24) is 0 Å². The molecule has 0 fully saturated rings. The molecule has 0 unspecified atom stereocenters. The van der Waals surface area contributed by atoms with E-state index < -0.39 is 5.79 Å². The third-order valence-electron chi connectivity index (χ3n) is 3.36. The summed E-state index contributed by atoms with van der Waals surface area (Å²) in [6.45, 7) is 4.38. The van der Waals surface area contributed by atoms with Gasteiger partial charge < -0.3 is 10.2 Å². The van der Waals surface area contributed by atoms with Gasteiger partial charge in [0.1, 0.15) is 0 Å². The third-order valence-corrected chi connectivity index (χ3v) is 3.36. The van der Waals surface area contributed by atoms with Gasteiger partial charge in [-0.05, 0) is 12.8 Å². The Morgan fingerprint density at radius 1 is 0.588 bits per heavy atom. The highest BCUT2D eigenvalue weighted by atomic mass is 16.5. The van der Waals surface area contributed by atoms with Gasteiger partial charge in [0.05, 0.1) is 0 Å². The number of hydrogen-bond acceptors (Lipinski definition) is 2. The molecular formula is C15H32O2. The van der Waals surface area contributed by atoms with Gasteiger partial charge in [-0.25, -0.2) is 0 Å². The minimum Gasteiger partial charge on any atom is -0.366 e. The normalized spacial score (nSPS) is 12.0. The highest BCUT2D eigenvalue weighted by Gasteiger charge is 2.21. The van der Waals surface area contributed by atoms with Crippen molar-refractivity contribution in [3.63, 3.8) is 0 Å². The fourth-order valence-corrected chi connectivity index (χ4v) is 2.15. The monoisotopic (exact) mass is 244 g/mol. The van der Waals surface area contributed by atoms with Crippen LogP contribution in [0, 0.1) is 0 Å². The molecule has 0 heterocycles. The molecule has 0 amide bonds. The lowest BCUT2D eigenvalue weighted by molar-refractivity contribution is -0.172. The zero-order valence-electron chi connectivity index (χ0n) is 11.9. The summed E-state index contributed by atoms with van der Waals surface area (Å²) >= 11 is 0. The molecule has 0 bridgehead atoms. The molecule has 0 aromatic rings. The summed E-state index contributed by atoms with van der Waals surface area (Å²) in [6.07, 6.45) is 12.7. The van der Waals surface area contributed by atoms with E-state index in [9.17, 15) is 10.2 Å². The zero-order valence-corrected chi connectivity index (χ0v) is 11.9. The lowest BCUT2D eigenvalue weighted by atomic mass is 10.00. The van der Waals surface area contributed by atoms with E-state index in [1.807, 2.05) is 0 Å². The quantitative estimate of drug-likeness (QED) is 0.395. The maximum atomic E-state index is 9.77. The molecular weight excluding hydrogens is 212 g/mol. The summed E-state index contributed by atoms with van der Waals surface area (Å²) in [7, 11) is 0. The Labute approximate surface area is 107 Å². The number of rotatable bonds is 12. The van der Waals surface area contributed by atoms with Gasteiger partial charge in [0.2, 0.25) is 0 Å². The molecule has 0 aromatic heterocycles. The van der Waals surface area contributed by atoms with Crippen molar-refractivity contribution in [3.8, 4) is 0 Å². The van der Waals surface area contributed by atoms with Gasteiger partial charge in [0.25, 0.3) is 0 Å². The summed E-state index contributed by atoms with van der Waals surface area (Å²) in [6, 6.07) is 0. The Morgan fingerprint density at radius 2 is 0.941 bits per heavy atom. The van der Waals surface area contributed by atoms with Crippen LogP contribution in [0.5, 0.6) is 0 Å². The maximum absolute atomic E-state index is 9.77. The van der Waals surface area contributed by atoms with Gasteiger partial charge in [0.15, 0.2) is 5.79 Å². The van der Waals surface area contributed by atoms with Crippen LogP contribution >= 0.6 is 0 Å². The van der Waals surface area contributed by atoms with Crippen molar-refractivity contribution in [2.75, 3.05) is 0 Å². The predicted molar refractivity (Wildman–Crippen MR) is 73.9 cm³/mol. The van der Waals surface area contributed by atoms with Crippen LogP contribution in [0.15, 0.2) is 0 Å². The number of aliphatic hydroxyl groups is 2. The van der Waals surface area contributed by atoms with Crippen molar-refractivity contribution in [1.29, 1.82) is 0 Å². The Kier molecular flexibility index (Phi) is 11.0. The molecule has 2 N–H and O–H groups in total. The molecule has 0 aliphatic rings. The van der Waals surface area contributed by atoms with Crippen LogP contribution in [0.25, 0.3) is 0 Å². The molecule has 0 spiro atoms. The standard InChI is InChI=1S/C15H32O2/c1-3-5-7-9-10-12-14-15(16,17)13-11-8-6-4-2/h16-17H,3-14H2,1-2H3. The molecule has 0 saturated heterocycles. The molecule has 0 saturated carbocycles. The molecule has 0 rings (SSSR count). The van der Waals surface area contributed by atoms with E-state index in [1.54, 1.807) is 0 Å². The van der Waals surface area contributed by atoms with Crippen LogP contribution in [0.4, 0.5) is 0 Å². The summed E-state index contributed by atoms with van der Waals surface area (Å²) < 4.78 is 0. The molecule has 17 heavy (non-hydrogen) atoms. The Morgan fingerprint density at radius 3 is 1.41 bits per heavy atom. The lowest BCUT2D eigenvalue weighted by Crippen LogP contribution is -2.27. The van der Waals surface area contributed by atoms with E-state index in [-0.39, 0.29) is 0 Å². The van der Waals surface area contributed by atoms with Crippen LogP contribution in [-0.2, 0) is 0 Å². The number of unbranched alkanes of at least 4 members (excludes halogenated alkanes) is 8. The summed E-state index contributed by atoms with van der Waals surface area (Å²) in [5, 5.41) is 19.5. The Bertz CT molecular complexity index is 155. The minimum absolute atomic E-state index is 0.544. The first kappa shape index (κ1) is 16.9. The predicted octanol–water partition coefficient (Wildman–Crippen LogP) is 4.39. The lowest BCUT2D eigenvalue weighted by Gasteiger charge is -2.21. The topological polar surface area (TPSA) is 40.5 Å². The molecule has 0 aromatic carbocycles. The molecule has 0 aliphatic carbocycles. The van der Waals surface area contributed by atoms with Crippen molar-refractivity contribution in [2.24, 2.45) is 0 Å². The van der Waals surface area contributed by atoms with E-state index in [0.29, 0.717) is 12.8 Å². The van der Waals surface area contributed by atoms with E-state index in [1.165, 1.54) is 38.5 Å². The maximum Gasteiger partial charge on any atom is 0.162 e. The van der Waals surface area contributed by atoms with Gasteiger partial charge in [-0.15, -0.1) is 0 Å². The number of hydrogen-bond donors (Lipinski definition) is 2. The van der Waals surface area contributed by atoms with Crippen molar-refractivity contribution >= 4 is 0 Å². The van der Waals surface area contributed by atoms with Gasteiger partial charge in [-0.1, -0.05) is 65.2 Å². The van der Waals surface area contributed by atoms with Crippen molar-refractivity contribution < 1.29 is 10.2 Å². The second-order valence-electron chi connectivity index (χ2n) is 5.31. The fraction of sp³-hybridized carbons (Fsp3) is 1.00. The molecule has 0 radical (unpaired) electrons. The molecule has 2 heteroatoms. The highest BCUT2D eigenvalue weighted by molar-refractivity contribution is 4.65. The van der Waals surface area contributed by atoms with Gasteiger partial charge in [0, 0.05) is 12.8 Å². The van der Waals surface area contributed by atoms with Crippen molar-refractivity contribution in [2.45, 2.75) is 96.7 Å². The largest absolute Gasteiger partial charge is 0.366 e. The second kappa shape index (κ2) is 11.0. The fourth-order valence-electron chi connectivity index (χ4n) is 2.15. The van der Waals surface area contributed by atoms with Gasteiger partial charge in [-0.3, -0.25) is 0 Å². The van der Waals surface area contributed by atoms with E-state index in [0.717, 1.165) is 25.7 Å². The van der Waals surface area contributed by atoms with E-state index in [4.69, 9.17) is 0 Å². The van der Waals surface area contributed by atoms with Crippen LogP contribution in [0.2, 0.25) is 0 Å². The first-order chi connectivity index (χ1) is 8.12.